The van der Waals surface area contributed by atoms with Crippen molar-refractivity contribution in [3.05, 3.63) is 70.8 Å². The molecule has 3 aliphatic carbocycles. The first-order chi connectivity index (χ1) is 19.9. The molecule has 3 aromatic carbocycles. The van der Waals surface area contributed by atoms with Crippen LogP contribution in [0.1, 0.15) is 63.6 Å². The molecule has 5 atom stereocenters. The van der Waals surface area contributed by atoms with Gasteiger partial charge in [-0.05, 0) is 95.9 Å². The third-order valence-electron chi connectivity index (χ3n) is 10.0. The lowest BCUT2D eigenvalue weighted by Crippen LogP contribution is -2.64. The predicted molar refractivity (Wildman–Crippen MR) is 162 cm³/mol. The number of Topliss-reactive ketones (excluding diaryl/α,β-unsaturated/α-hetero) is 3. The van der Waals surface area contributed by atoms with Gasteiger partial charge in [-0.15, -0.1) is 0 Å². The number of aliphatic hydroxyl groups is 2. The SMILES string of the molecule is CC(=O)C1C(=O)[C@@]2(O)C(=O)C3=C(O)c4c(O)ccc(-c5ccc(CCC(C)C)c6ccccc56)c4C[C@H]3C[C@H]2CC1C. The molecule has 0 aromatic heterocycles. The number of phenolic OH excluding ortho intramolecular Hbond substituents is 1. The smallest absolute Gasteiger partial charge is 0.202 e. The highest BCUT2D eigenvalue weighted by Gasteiger charge is 2.63. The Kier molecular flexibility index (Phi) is 6.88. The van der Waals surface area contributed by atoms with Gasteiger partial charge in [-0.3, -0.25) is 14.4 Å². The van der Waals surface area contributed by atoms with E-state index in [2.05, 4.69) is 38.1 Å². The lowest BCUT2D eigenvalue weighted by Gasteiger charge is -2.49. The average Bonchev–Trinajstić information content (AvgIpc) is 2.93. The second-order valence-electron chi connectivity index (χ2n) is 13.1. The van der Waals surface area contributed by atoms with Gasteiger partial charge in [0.2, 0.25) is 5.78 Å². The van der Waals surface area contributed by atoms with Gasteiger partial charge in [-0.1, -0.05) is 63.2 Å². The summed E-state index contributed by atoms with van der Waals surface area (Å²) in [5, 5.41) is 36.4. The minimum atomic E-state index is -2.35. The van der Waals surface area contributed by atoms with E-state index in [4.69, 9.17) is 0 Å². The van der Waals surface area contributed by atoms with Crippen molar-refractivity contribution in [1.82, 2.24) is 0 Å². The summed E-state index contributed by atoms with van der Waals surface area (Å²) in [5.74, 6) is -4.35. The standard InChI is InChI=1S/C36H38O6/c1-18(2)9-10-21-11-12-26(25-8-6-5-7-24(21)25)27-13-14-29(38)32-28(27)17-22-16-23-15-19(3)30(20(4)37)34(40)36(23,42)35(41)31(22)33(32)39/h5-8,11-14,18-19,22-23,30,38-39,42H,9-10,15-17H2,1-4H3/t19?,22-,23-,30?,36-/m1/s1. The zero-order valence-corrected chi connectivity index (χ0v) is 24.6. The molecular formula is C36H38O6. The predicted octanol–water partition coefficient (Wildman–Crippen LogP) is 6.38. The van der Waals surface area contributed by atoms with Gasteiger partial charge in [0.1, 0.15) is 17.3 Å². The van der Waals surface area contributed by atoms with Gasteiger partial charge >= 0.3 is 0 Å². The van der Waals surface area contributed by atoms with E-state index in [1.54, 1.807) is 0 Å². The zero-order valence-electron chi connectivity index (χ0n) is 24.6. The molecule has 6 nitrogen and oxygen atoms in total. The van der Waals surface area contributed by atoms with Crippen LogP contribution in [0.15, 0.2) is 54.1 Å². The molecule has 2 unspecified atom stereocenters. The fourth-order valence-corrected chi connectivity index (χ4v) is 7.94. The second kappa shape index (κ2) is 10.2. The Morgan fingerprint density at radius 2 is 1.67 bits per heavy atom. The molecule has 0 saturated heterocycles. The Balaban J connectivity index is 1.49. The summed E-state index contributed by atoms with van der Waals surface area (Å²) in [7, 11) is 0. The number of aromatic hydroxyl groups is 1. The van der Waals surface area contributed by atoms with Gasteiger partial charge in [0.15, 0.2) is 11.4 Å². The number of carbonyl (C=O) groups excluding carboxylic acids is 3. The van der Waals surface area contributed by atoms with Gasteiger partial charge in [0.25, 0.3) is 0 Å². The van der Waals surface area contributed by atoms with Crippen molar-refractivity contribution >= 4 is 33.9 Å². The molecule has 0 amide bonds. The van der Waals surface area contributed by atoms with Gasteiger partial charge in [0.05, 0.1) is 11.5 Å². The summed E-state index contributed by atoms with van der Waals surface area (Å²) in [5.41, 5.74) is 1.67. The lowest BCUT2D eigenvalue weighted by atomic mass is 9.54. The van der Waals surface area contributed by atoms with Crippen LogP contribution in [0.5, 0.6) is 5.75 Å². The van der Waals surface area contributed by atoms with Crippen molar-refractivity contribution in [3.63, 3.8) is 0 Å². The molecule has 6 rings (SSSR count). The number of benzene rings is 3. The quantitative estimate of drug-likeness (QED) is 0.309. The number of hydrogen-bond donors (Lipinski definition) is 3. The fourth-order valence-electron chi connectivity index (χ4n) is 7.94. The number of aryl methyl sites for hydroxylation is 1. The minimum Gasteiger partial charge on any atom is -0.507 e. The largest absolute Gasteiger partial charge is 0.507 e. The third-order valence-corrected chi connectivity index (χ3v) is 10.0. The van der Waals surface area contributed by atoms with E-state index < -0.39 is 34.9 Å². The van der Waals surface area contributed by atoms with Crippen LogP contribution < -0.4 is 0 Å². The maximum Gasteiger partial charge on any atom is 0.202 e. The van der Waals surface area contributed by atoms with Crippen LogP contribution in [-0.4, -0.2) is 38.3 Å². The minimum absolute atomic E-state index is 0.0206. The van der Waals surface area contributed by atoms with E-state index in [0.29, 0.717) is 25.2 Å². The molecule has 6 heteroatoms. The first kappa shape index (κ1) is 28.4. The van der Waals surface area contributed by atoms with Crippen LogP contribution in [0, 0.1) is 29.6 Å². The van der Waals surface area contributed by atoms with Crippen LogP contribution in [-0.2, 0) is 27.2 Å². The topological polar surface area (TPSA) is 112 Å². The van der Waals surface area contributed by atoms with Crippen LogP contribution >= 0.6 is 0 Å². The highest BCUT2D eigenvalue weighted by molar-refractivity contribution is 6.24. The molecule has 0 radical (unpaired) electrons. The lowest BCUT2D eigenvalue weighted by molar-refractivity contribution is -0.170. The second-order valence-corrected chi connectivity index (χ2v) is 13.1. The van der Waals surface area contributed by atoms with Crippen LogP contribution in [0.4, 0.5) is 0 Å². The van der Waals surface area contributed by atoms with Gasteiger partial charge in [0, 0.05) is 11.5 Å². The number of fused-ring (bicyclic) bond motifs is 4. The van der Waals surface area contributed by atoms with E-state index in [1.807, 2.05) is 25.1 Å². The van der Waals surface area contributed by atoms with Gasteiger partial charge in [-0.25, -0.2) is 0 Å². The molecule has 42 heavy (non-hydrogen) atoms. The van der Waals surface area contributed by atoms with Crippen LogP contribution in [0.3, 0.4) is 0 Å². The third kappa shape index (κ3) is 4.14. The van der Waals surface area contributed by atoms with Crippen molar-refractivity contribution in [2.75, 3.05) is 0 Å². The maximum atomic E-state index is 13.9. The number of aliphatic hydroxyl groups excluding tert-OH is 1. The molecule has 3 aromatic rings. The number of carbonyl (C=O) groups is 3. The highest BCUT2D eigenvalue weighted by Crippen LogP contribution is 2.53. The summed E-state index contributed by atoms with van der Waals surface area (Å²) in [4.78, 5) is 39.7. The summed E-state index contributed by atoms with van der Waals surface area (Å²) in [6.45, 7) is 7.57. The summed E-state index contributed by atoms with van der Waals surface area (Å²) >= 11 is 0. The fraction of sp³-hybridized carbons (Fsp3) is 0.417. The van der Waals surface area contributed by atoms with Crippen molar-refractivity contribution in [2.45, 2.75) is 65.4 Å². The Labute approximate surface area is 246 Å². The van der Waals surface area contributed by atoms with Crippen molar-refractivity contribution in [3.8, 4) is 16.9 Å². The molecule has 218 valence electrons. The average molecular weight is 567 g/mol. The summed E-state index contributed by atoms with van der Waals surface area (Å²) < 4.78 is 0. The number of ketones is 3. The van der Waals surface area contributed by atoms with Crippen molar-refractivity contribution in [1.29, 1.82) is 0 Å². The van der Waals surface area contributed by atoms with Crippen molar-refractivity contribution in [2.24, 2.45) is 29.6 Å². The van der Waals surface area contributed by atoms with Gasteiger partial charge < -0.3 is 15.3 Å². The van der Waals surface area contributed by atoms with E-state index in [0.717, 1.165) is 34.9 Å². The van der Waals surface area contributed by atoms with Crippen LogP contribution in [0.25, 0.3) is 27.7 Å². The molecule has 0 heterocycles. The summed E-state index contributed by atoms with van der Waals surface area (Å²) in [6.07, 6.45) is 3.11. The number of phenols is 1. The maximum absolute atomic E-state index is 13.9. The van der Waals surface area contributed by atoms with E-state index >= 15 is 0 Å². The Hall–Kier alpha value is -3.77. The van der Waals surface area contributed by atoms with Crippen molar-refractivity contribution < 1.29 is 29.7 Å². The zero-order chi connectivity index (χ0) is 30.1. The number of rotatable bonds is 5. The Bertz CT molecular complexity index is 1680. The Morgan fingerprint density at radius 1 is 0.976 bits per heavy atom. The molecule has 2 fully saturated rings. The van der Waals surface area contributed by atoms with E-state index in [9.17, 15) is 29.7 Å². The molecule has 0 spiro atoms. The van der Waals surface area contributed by atoms with Crippen LogP contribution in [0.2, 0.25) is 0 Å². The monoisotopic (exact) mass is 566 g/mol. The highest BCUT2D eigenvalue weighted by atomic mass is 16.3. The van der Waals surface area contributed by atoms with Gasteiger partial charge in [-0.2, -0.15) is 0 Å². The Morgan fingerprint density at radius 3 is 2.36 bits per heavy atom. The molecule has 0 bridgehead atoms. The molecule has 2 saturated carbocycles. The summed E-state index contributed by atoms with van der Waals surface area (Å²) in [6, 6.07) is 15.9. The molecular weight excluding hydrogens is 528 g/mol. The first-order valence-corrected chi connectivity index (χ1v) is 15.1. The normalized spacial score (nSPS) is 27.2. The first-order valence-electron chi connectivity index (χ1n) is 15.1. The van der Waals surface area contributed by atoms with E-state index in [1.165, 1.54) is 23.9 Å². The molecule has 0 aliphatic heterocycles. The number of hydrogen-bond acceptors (Lipinski definition) is 6. The van der Waals surface area contributed by atoms with E-state index in [-0.39, 0.29) is 34.3 Å². The molecule has 3 aliphatic rings. The molecule has 3 N–H and O–H groups in total.